The van der Waals surface area contributed by atoms with Gasteiger partial charge in [0.2, 0.25) is 0 Å². The number of hydrogen-bond donors (Lipinski definition) is 2. The number of carbonyl (C=O) groups is 3. The van der Waals surface area contributed by atoms with Gasteiger partial charge in [0.05, 0.1) is 11.8 Å². The summed E-state index contributed by atoms with van der Waals surface area (Å²) in [7, 11) is 0. The first kappa shape index (κ1) is 22.4. The second-order valence-electron chi connectivity index (χ2n) is 6.10. The number of ether oxygens (including phenoxy) is 1. The maximum atomic E-state index is 12.2. The lowest BCUT2D eigenvalue weighted by atomic mass is 10.2. The molecule has 3 rings (SSSR count). The van der Waals surface area contributed by atoms with Gasteiger partial charge in [0.1, 0.15) is 5.75 Å². The molecule has 2 amide bonds. The van der Waals surface area contributed by atoms with Crippen LogP contribution in [0.5, 0.6) is 5.75 Å². The highest BCUT2D eigenvalue weighted by Gasteiger charge is 2.13. The monoisotopic (exact) mass is 547 g/mol. The Morgan fingerprint density at radius 3 is 2.26 bits per heavy atom. The third kappa shape index (κ3) is 6.63. The Hall–Kier alpha value is -3.24. The quantitative estimate of drug-likeness (QED) is 0.125. The Bertz CT molecular complexity index is 1130. The van der Waals surface area contributed by atoms with Gasteiger partial charge in [-0.15, -0.1) is 0 Å². The topological polar surface area (TPSA) is 96.9 Å². The van der Waals surface area contributed by atoms with Crippen molar-refractivity contribution >= 4 is 63.9 Å². The average molecular weight is 548 g/mol. The Morgan fingerprint density at radius 1 is 0.903 bits per heavy atom. The molecule has 3 aromatic rings. The molecule has 0 unspecified atom stereocenters. The molecule has 3 aromatic carbocycles. The minimum atomic E-state index is -0.922. The number of anilines is 1. The van der Waals surface area contributed by atoms with Gasteiger partial charge in [0, 0.05) is 14.3 Å². The molecular weight excluding hydrogens is 533 g/mol. The lowest BCUT2D eigenvalue weighted by molar-refractivity contribution is -0.136. The van der Waals surface area contributed by atoms with Gasteiger partial charge in [-0.3, -0.25) is 9.59 Å². The zero-order valence-electron chi connectivity index (χ0n) is 15.8. The van der Waals surface area contributed by atoms with Gasteiger partial charge in [-0.25, -0.2) is 10.2 Å². The van der Waals surface area contributed by atoms with E-state index in [2.05, 4.69) is 38.4 Å². The van der Waals surface area contributed by atoms with Crippen LogP contribution >= 0.6 is 34.2 Å². The van der Waals surface area contributed by atoms with Crippen LogP contribution in [0.3, 0.4) is 0 Å². The largest absolute Gasteiger partial charge is 0.423 e. The molecule has 0 saturated heterocycles. The van der Waals surface area contributed by atoms with Crippen LogP contribution in [0.2, 0.25) is 5.02 Å². The highest BCUT2D eigenvalue weighted by atomic mass is 127. The van der Waals surface area contributed by atoms with Crippen molar-refractivity contribution in [3.63, 3.8) is 0 Å². The van der Waals surface area contributed by atoms with E-state index in [1.807, 2.05) is 12.1 Å². The van der Waals surface area contributed by atoms with Crippen molar-refractivity contribution in [1.82, 2.24) is 5.43 Å². The Morgan fingerprint density at radius 2 is 1.58 bits per heavy atom. The third-order valence-corrected chi connectivity index (χ3v) is 5.07. The standard InChI is InChI=1S/C22H15ClIN3O4/c23-15-7-9-16(10-8-15)26-20(28)21(29)27-25-13-14-5-11-17(12-6-14)31-22(30)18-3-1-2-4-19(18)24/h1-13H,(H,26,28)(H,27,29). The number of carbonyl (C=O) groups excluding carboxylic acids is 3. The SMILES string of the molecule is O=C(NN=Cc1ccc(OC(=O)c2ccccc2I)cc1)C(=O)Nc1ccc(Cl)cc1. The number of halogens is 2. The molecule has 9 heteroatoms. The number of amides is 2. The maximum Gasteiger partial charge on any atom is 0.344 e. The predicted octanol–water partition coefficient (Wildman–Crippen LogP) is 4.25. The highest BCUT2D eigenvalue weighted by molar-refractivity contribution is 14.1. The Kier molecular flexibility index (Phi) is 7.74. The molecule has 0 aliphatic rings. The summed E-state index contributed by atoms with van der Waals surface area (Å²) < 4.78 is 6.15. The molecular formula is C22H15ClIN3O4. The van der Waals surface area contributed by atoms with Crippen molar-refractivity contribution in [2.75, 3.05) is 5.32 Å². The number of hydrogen-bond acceptors (Lipinski definition) is 5. The molecule has 0 aromatic heterocycles. The molecule has 0 saturated carbocycles. The second kappa shape index (κ2) is 10.7. The van der Waals surface area contributed by atoms with E-state index in [0.717, 1.165) is 3.57 Å². The van der Waals surface area contributed by atoms with E-state index in [1.165, 1.54) is 6.21 Å². The summed E-state index contributed by atoms with van der Waals surface area (Å²) >= 11 is 7.84. The second-order valence-corrected chi connectivity index (χ2v) is 7.70. The minimum absolute atomic E-state index is 0.369. The van der Waals surface area contributed by atoms with E-state index < -0.39 is 17.8 Å². The van der Waals surface area contributed by atoms with Gasteiger partial charge in [-0.2, -0.15) is 5.10 Å². The molecule has 0 atom stereocenters. The number of benzene rings is 3. The number of rotatable bonds is 5. The molecule has 0 bridgehead atoms. The van der Waals surface area contributed by atoms with E-state index >= 15 is 0 Å². The first-order valence-corrected chi connectivity index (χ1v) is 10.3. The van der Waals surface area contributed by atoms with Crippen LogP contribution in [-0.4, -0.2) is 24.0 Å². The van der Waals surface area contributed by atoms with Crippen molar-refractivity contribution in [1.29, 1.82) is 0 Å². The van der Waals surface area contributed by atoms with Crippen molar-refractivity contribution in [3.05, 3.63) is 92.5 Å². The van der Waals surface area contributed by atoms with E-state index in [4.69, 9.17) is 16.3 Å². The average Bonchev–Trinajstić information content (AvgIpc) is 2.76. The van der Waals surface area contributed by atoms with Gasteiger partial charge in [0.15, 0.2) is 0 Å². The Labute approximate surface area is 196 Å². The van der Waals surface area contributed by atoms with Gasteiger partial charge in [0.25, 0.3) is 0 Å². The lowest BCUT2D eigenvalue weighted by Crippen LogP contribution is -2.32. The maximum absolute atomic E-state index is 12.2. The zero-order valence-corrected chi connectivity index (χ0v) is 18.8. The van der Waals surface area contributed by atoms with Crippen LogP contribution in [0.4, 0.5) is 5.69 Å². The first-order valence-electron chi connectivity index (χ1n) is 8.89. The lowest BCUT2D eigenvalue weighted by Gasteiger charge is -2.06. The van der Waals surface area contributed by atoms with Gasteiger partial charge < -0.3 is 10.1 Å². The molecule has 2 N–H and O–H groups in total. The van der Waals surface area contributed by atoms with Crippen LogP contribution in [0.25, 0.3) is 0 Å². The van der Waals surface area contributed by atoms with Crippen molar-refractivity contribution in [2.45, 2.75) is 0 Å². The number of nitrogens with one attached hydrogen (secondary N) is 2. The van der Waals surface area contributed by atoms with Gasteiger partial charge >= 0.3 is 17.8 Å². The molecule has 7 nitrogen and oxygen atoms in total. The summed E-state index contributed by atoms with van der Waals surface area (Å²) in [4.78, 5) is 35.9. The molecule has 0 heterocycles. The number of hydrazone groups is 1. The van der Waals surface area contributed by atoms with Crippen molar-refractivity contribution in [2.24, 2.45) is 5.10 Å². The summed E-state index contributed by atoms with van der Waals surface area (Å²) in [6, 6.07) is 20.0. The summed E-state index contributed by atoms with van der Waals surface area (Å²) in [5.74, 6) is -1.87. The highest BCUT2D eigenvalue weighted by Crippen LogP contribution is 2.17. The fourth-order valence-corrected chi connectivity index (χ4v) is 3.08. The zero-order chi connectivity index (χ0) is 22.2. The van der Waals surface area contributed by atoms with Crippen LogP contribution in [0.1, 0.15) is 15.9 Å². The Balaban J connectivity index is 1.51. The first-order chi connectivity index (χ1) is 14.9. The van der Waals surface area contributed by atoms with Crippen molar-refractivity contribution < 1.29 is 19.1 Å². The summed E-state index contributed by atoms with van der Waals surface area (Å²) in [6.07, 6.45) is 1.36. The summed E-state index contributed by atoms with van der Waals surface area (Å²) in [6.45, 7) is 0. The van der Waals surface area contributed by atoms with Crippen LogP contribution in [-0.2, 0) is 9.59 Å². The summed E-state index contributed by atoms with van der Waals surface area (Å²) in [5.41, 5.74) is 3.69. The number of esters is 1. The van der Waals surface area contributed by atoms with E-state index in [9.17, 15) is 14.4 Å². The molecule has 156 valence electrons. The smallest absolute Gasteiger partial charge is 0.344 e. The minimum Gasteiger partial charge on any atom is -0.423 e. The predicted molar refractivity (Wildman–Crippen MR) is 126 cm³/mol. The molecule has 0 aliphatic heterocycles. The third-order valence-electron chi connectivity index (χ3n) is 3.87. The van der Waals surface area contributed by atoms with Gasteiger partial charge in [-0.05, 0) is 88.8 Å². The summed E-state index contributed by atoms with van der Waals surface area (Å²) in [5, 5.41) is 6.70. The molecule has 31 heavy (non-hydrogen) atoms. The molecule has 0 aliphatic carbocycles. The van der Waals surface area contributed by atoms with Crippen molar-refractivity contribution in [3.8, 4) is 5.75 Å². The molecule has 0 radical (unpaired) electrons. The van der Waals surface area contributed by atoms with Crippen LogP contribution in [0.15, 0.2) is 77.9 Å². The molecule has 0 spiro atoms. The molecule has 0 fully saturated rings. The fourth-order valence-electron chi connectivity index (χ4n) is 2.35. The van der Waals surface area contributed by atoms with Gasteiger partial charge in [-0.1, -0.05) is 23.7 Å². The van der Waals surface area contributed by atoms with E-state index in [0.29, 0.717) is 27.6 Å². The number of nitrogens with zero attached hydrogens (tertiary/aromatic N) is 1. The van der Waals surface area contributed by atoms with E-state index in [1.54, 1.807) is 60.7 Å². The van der Waals surface area contributed by atoms with Crippen LogP contribution in [0, 0.1) is 3.57 Å². The van der Waals surface area contributed by atoms with E-state index in [-0.39, 0.29) is 0 Å². The van der Waals surface area contributed by atoms with Crippen LogP contribution < -0.4 is 15.5 Å². The normalized spacial score (nSPS) is 10.5. The fraction of sp³-hybridized carbons (Fsp3) is 0.